The van der Waals surface area contributed by atoms with Crippen LogP contribution < -0.4 is 0 Å². The van der Waals surface area contributed by atoms with Gasteiger partial charge in [0.2, 0.25) is 0 Å². The van der Waals surface area contributed by atoms with Gasteiger partial charge in [0.25, 0.3) is 0 Å². The van der Waals surface area contributed by atoms with Crippen molar-refractivity contribution in [2.45, 2.75) is 38.5 Å². The van der Waals surface area contributed by atoms with Gasteiger partial charge in [0, 0.05) is 17.3 Å². The van der Waals surface area contributed by atoms with Crippen molar-refractivity contribution in [1.82, 2.24) is 0 Å². The van der Waals surface area contributed by atoms with Gasteiger partial charge in [-0.25, -0.2) is 0 Å². The van der Waals surface area contributed by atoms with E-state index in [4.69, 9.17) is 0 Å². The molecule has 2 aromatic rings. The normalized spacial score (nSPS) is 15.8. The fraction of sp³-hybridized carbons (Fsp3) is 0.300. The maximum atomic E-state index is 12.5. The molecule has 0 spiro atoms. The van der Waals surface area contributed by atoms with Gasteiger partial charge in [0.05, 0.1) is 5.56 Å². The lowest BCUT2D eigenvalue weighted by Gasteiger charge is -2.17. The first-order chi connectivity index (χ1) is 11.9. The number of halogens is 1. The summed E-state index contributed by atoms with van der Waals surface area (Å²) in [6.45, 7) is 1.72. The van der Waals surface area contributed by atoms with Crippen LogP contribution in [0.1, 0.15) is 51.4 Å². The van der Waals surface area contributed by atoms with Crippen LogP contribution in [0.15, 0.2) is 28.7 Å². The molecule has 5 heteroatoms. The van der Waals surface area contributed by atoms with Gasteiger partial charge in [-0.3, -0.25) is 9.59 Å². The van der Waals surface area contributed by atoms with Crippen molar-refractivity contribution in [1.29, 1.82) is 0 Å². The van der Waals surface area contributed by atoms with Crippen LogP contribution in [-0.4, -0.2) is 22.3 Å². The zero-order chi connectivity index (χ0) is 18.1. The molecule has 1 unspecified atom stereocenters. The Morgan fingerprint density at radius 1 is 1.24 bits per heavy atom. The molecule has 1 aliphatic carbocycles. The predicted octanol–water partition coefficient (Wildman–Crippen LogP) is 4.21. The molecule has 0 fully saturated rings. The van der Waals surface area contributed by atoms with Crippen LogP contribution in [0.4, 0.5) is 0 Å². The number of carbonyl (C=O) groups excluding carboxylic acids is 2. The van der Waals surface area contributed by atoms with Gasteiger partial charge in [-0.2, -0.15) is 0 Å². The van der Waals surface area contributed by atoms with Crippen molar-refractivity contribution in [2.75, 3.05) is 0 Å². The Morgan fingerprint density at radius 3 is 2.56 bits per heavy atom. The van der Waals surface area contributed by atoms with E-state index >= 15 is 0 Å². The SMILES string of the molecule is Cc1c(O)c(O)c(C=O)c2c1C(CC(=O)Cc1ccc(Br)cc1)CC2. The summed E-state index contributed by atoms with van der Waals surface area (Å²) >= 11 is 3.38. The van der Waals surface area contributed by atoms with Crippen LogP contribution in [0.3, 0.4) is 0 Å². The third-order valence-corrected chi connectivity index (χ3v) is 5.48. The summed E-state index contributed by atoms with van der Waals surface area (Å²) in [5.41, 5.74) is 3.30. The van der Waals surface area contributed by atoms with Gasteiger partial charge >= 0.3 is 0 Å². The molecule has 0 saturated heterocycles. The molecular formula is C20H19BrO4. The highest BCUT2D eigenvalue weighted by molar-refractivity contribution is 9.10. The highest BCUT2D eigenvalue weighted by Gasteiger charge is 2.32. The molecular weight excluding hydrogens is 384 g/mol. The number of fused-ring (bicyclic) bond motifs is 1. The maximum Gasteiger partial charge on any atom is 0.168 e. The molecule has 0 heterocycles. The van der Waals surface area contributed by atoms with E-state index in [9.17, 15) is 19.8 Å². The molecule has 1 atom stereocenters. The minimum absolute atomic E-state index is 0.0249. The lowest BCUT2D eigenvalue weighted by molar-refractivity contribution is -0.118. The fourth-order valence-corrected chi connectivity index (χ4v) is 4.00. The molecule has 0 aromatic heterocycles. The number of benzene rings is 2. The highest BCUT2D eigenvalue weighted by Crippen LogP contribution is 2.46. The van der Waals surface area contributed by atoms with Crippen molar-refractivity contribution in [3.8, 4) is 11.5 Å². The second-order valence-corrected chi connectivity index (χ2v) is 7.44. The Balaban J connectivity index is 1.83. The van der Waals surface area contributed by atoms with E-state index in [-0.39, 0.29) is 28.8 Å². The van der Waals surface area contributed by atoms with E-state index in [1.165, 1.54) is 0 Å². The number of rotatable bonds is 5. The van der Waals surface area contributed by atoms with E-state index < -0.39 is 0 Å². The number of hydrogen-bond donors (Lipinski definition) is 2. The van der Waals surface area contributed by atoms with Gasteiger partial charge in [-0.15, -0.1) is 0 Å². The average Bonchev–Trinajstić information content (AvgIpc) is 2.99. The molecule has 0 amide bonds. The van der Waals surface area contributed by atoms with Crippen LogP contribution in [-0.2, 0) is 17.6 Å². The number of phenolic OH excluding ortho intramolecular Hbond substituents is 2. The van der Waals surface area contributed by atoms with E-state index in [0.29, 0.717) is 31.1 Å². The first-order valence-corrected chi connectivity index (χ1v) is 9.00. The zero-order valence-electron chi connectivity index (χ0n) is 13.9. The Hall–Kier alpha value is -2.14. The third kappa shape index (κ3) is 3.33. The first-order valence-electron chi connectivity index (χ1n) is 8.21. The number of ketones is 1. The number of hydrogen-bond acceptors (Lipinski definition) is 4. The number of carbonyl (C=O) groups is 2. The smallest absolute Gasteiger partial charge is 0.168 e. The topological polar surface area (TPSA) is 74.6 Å². The second-order valence-electron chi connectivity index (χ2n) is 6.53. The highest BCUT2D eigenvalue weighted by atomic mass is 79.9. The summed E-state index contributed by atoms with van der Waals surface area (Å²) in [4.78, 5) is 23.8. The van der Waals surface area contributed by atoms with Crippen molar-refractivity contribution in [3.05, 3.63) is 56.6 Å². The monoisotopic (exact) mass is 402 g/mol. The molecule has 0 bridgehead atoms. The van der Waals surface area contributed by atoms with Gasteiger partial charge in [-0.1, -0.05) is 28.1 Å². The van der Waals surface area contributed by atoms with Crippen LogP contribution in [0.2, 0.25) is 0 Å². The van der Waals surface area contributed by atoms with E-state index in [0.717, 1.165) is 27.6 Å². The molecule has 130 valence electrons. The summed E-state index contributed by atoms with van der Waals surface area (Å²) in [5.74, 6) is -0.510. The molecule has 0 aliphatic heterocycles. The quantitative estimate of drug-likeness (QED) is 0.579. The molecule has 2 aromatic carbocycles. The predicted molar refractivity (Wildman–Crippen MR) is 98.4 cm³/mol. The largest absolute Gasteiger partial charge is 0.504 e. The molecule has 4 nitrogen and oxygen atoms in total. The number of aromatic hydroxyl groups is 2. The summed E-state index contributed by atoms with van der Waals surface area (Å²) in [6, 6.07) is 7.66. The van der Waals surface area contributed by atoms with Gasteiger partial charge in [-0.05, 0) is 60.1 Å². The molecule has 1 aliphatic rings. The minimum Gasteiger partial charge on any atom is -0.504 e. The van der Waals surface area contributed by atoms with Crippen molar-refractivity contribution < 1.29 is 19.8 Å². The Labute approximate surface area is 154 Å². The Bertz CT molecular complexity index is 840. The number of phenols is 2. The number of Topliss-reactive ketones (excluding diaryl/α,β-unsaturated/α-hetero) is 1. The minimum atomic E-state index is -0.354. The summed E-state index contributed by atoms with van der Waals surface area (Å²) < 4.78 is 0.973. The van der Waals surface area contributed by atoms with Crippen molar-refractivity contribution in [3.63, 3.8) is 0 Å². The Morgan fingerprint density at radius 2 is 1.92 bits per heavy atom. The first kappa shape index (κ1) is 17.7. The van der Waals surface area contributed by atoms with Gasteiger partial charge in [0.15, 0.2) is 17.8 Å². The molecule has 0 radical (unpaired) electrons. The lowest BCUT2D eigenvalue weighted by atomic mass is 9.88. The van der Waals surface area contributed by atoms with E-state index in [2.05, 4.69) is 15.9 Å². The fourth-order valence-electron chi connectivity index (χ4n) is 3.74. The molecule has 2 N–H and O–H groups in total. The third-order valence-electron chi connectivity index (χ3n) is 4.95. The van der Waals surface area contributed by atoms with Gasteiger partial charge < -0.3 is 10.2 Å². The zero-order valence-corrected chi connectivity index (χ0v) is 15.5. The van der Waals surface area contributed by atoms with Crippen LogP contribution in [0, 0.1) is 6.92 Å². The van der Waals surface area contributed by atoms with Crippen LogP contribution in [0.25, 0.3) is 0 Å². The second kappa shape index (κ2) is 7.00. The average molecular weight is 403 g/mol. The molecule has 3 rings (SSSR count). The Kier molecular flexibility index (Phi) is 4.95. The van der Waals surface area contributed by atoms with Crippen LogP contribution >= 0.6 is 15.9 Å². The maximum absolute atomic E-state index is 12.5. The van der Waals surface area contributed by atoms with E-state index in [1.54, 1.807) is 6.92 Å². The van der Waals surface area contributed by atoms with Gasteiger partial charge in [0.1, 0.15) is 5.78 Å². The van der Waals surface area contributed by atoms with Crippen molar-refractivity contribution in [2.24, 2.45) is 0 Å². The summed E-state index contributed by atoms with van der Waals surface area (Å²) in [5, 5.41) is 20.1. The lowest BCUT2D eigenvalue weighted by Crippen LogP contribution is -2.09. The van der Waals surface area contributed by atoms with Crippen molar-refractivity contribution >= 4 is 28.0 Å². The summed E-state index contributed by atoms with van der Waals surface area (Å²) in [7, 11) is 0. The standard InChI is InChI=1S/C20H19BrO4/c1-11-18-13(4-7-16(18)17(10-22)20(25)19(11)24)9-15(23)8-12-2-5-14(21)6-3-12/h2-3,5-6,10,13,24-25H,4,7-9H2,1H3. The van der Waals surface area contributed by atoms with Crippen LogP contribution in [0.5, 0.6) is 11.5 Å². The number of aldehydes is 1. The van der Waals surface area contributed by atoms with E-state index in [1.807, 2.05) is 24.3 Å². The molecule has 25 heavy (non-hydrogen) atoms. The summed E-state index contributed by atoms with van der Waals surface area (Å²) in [6.07, 6.45) is 2.69. The molecule has 0 saturated carbocycles.